The van der Waals surface area contributed by atoms with Crippen LogP contribution in [0.15, 0.2) is 54.6 Å². The standard InChI is InChI=1S/C20H22N2O2/c1-3-17(18-9-5-4-6-10-18)14-22-20(23)15(2)24-19-11-7-8-16(12-19)13-21/h4-12,15,17H,3,14H2,1-2H3,(H,22,23)/t15-,17-/m0/s1. The van der Waals surface area contributed by atoms with Gasteiger partial charge >= 0.3 is 0 Å². The van der Waals surface area contributed by atoms with Crippen LogP contribution in [0.1, 0.15) is 37.3 Å². The molecule has 0 unspecified atom stereocenters. The smallest absolute Gasteiger partial charge is 0.260 e. The van der Waals surface area contributed by atoms with E-state index in [-0.39, 0.29) is 11.8 Å². The van der Waals surface area contributed by atoms with Gasteiger partial charge in [0.15, 0.2) is 6.10 Å². The summed E-state index contributed by atoms with van der Waals surface area (Å²) in [6.07, 6.45) is 0.330. The zero-order valence-corrected chi connectivity index (χ0v) is 14.0. The summed E-state index contributed by atoms with van der Waals surface area (Å²) in [5.41, 5.74) is 1.73. The van der Waals surface area contributed by atoms with Crippen molar-refractivity contribution >= 4 is 5.91 Å². The molecule has 0 saturated carbocycles. The summed E-state index contributed by atoms with van der Waals surface area (Å²) in [4.78, 5) is 12.3. The summed E-state index contributed by atoms with van der Waals surface area (Å²) in [7, 11) is 0. The molecule has 0 aliphatic rings. The Bertz CT molecular complexity index is 707. The molecule has 0 saturated heterocycles. The number of ether oxygens (including phenoxy) is 1. The second kappa shape index (κ2) is 8.73. The maximum absolute atomic E-state index is 12.3. The number of amides is 1. The summed E-state index contributed by atoms with van der Waals surface area (Å²) in [5.74, 6) is 0.641. The first kappa shape index (κ1) is 17.6. The van der Waals surface area contributed by atoms with Gasteiger partial charge in [-0.05, 0) is 37.1 Å². The lowest BCUT2D eigenvalue weighted by molar-refractivity contribution is -0.127. The molecule has 0 radical (unpaired) electrons. The first-order valence-electron chi connectivity index (χ1n) is 8.13. The molecule has 0 aliphatic carbocycles. The Morgan fingerprint density at radius 1 is 1.21 bits per heavy atom. The summed E-state index contributed by atoms with van der Waals surface area (Å²) in [5, 5.41) is 11.9. The van der Waals surface area contributed by atoms with E-state index in [2.05, 4.69) is 30.4 Å². The third kappa shape index (κ3) is 4.85. The molecular weight excluding hydrogens is 300 g/mol. The van der Waals surface area contributed by atoms with E-state index in [1.54, 1.807) is 31.2 Å². The lowest BCUT2D eigenvalue weighted by Gasteiger charge is -2.19. The molecular formula is C20H22N2O2. The van der Waals surface area contributed by atoms with Crippen LogP contribution in [0.5, 0.6) is 5.75 Å². The third-order valence-electron chi connectivity index (χ3n) is 3.93. The van der Waals surface area contributed by atoms with Gasteiger partial charge in [0.2, 0.25) is 0 Å². The van der Waals surface area contributed by atoms with Gasteiger partial charge < -0.3 is 10.1 Å². The second-order valence-electron chi connectivity index (χ2n) is 5.66. The first-order valence-corrected chi connectivity index (χ1v) is 8.13. The molecule has 2 atom stereocenters. The summed E-state index contributed by atoms with van der Waals surface area (Å²) < 4.78 is 5.63. The van der Waals surface area contributed by atoms with Crippen molar-refractivity contribution in [2.45, 2.75) is 32.3 Å². The zero-order valence-electron chi connectivity index (χ0n) is 14.0. The second-order valence-corrected chi connectivity index (χ2v) is 5.66. The predicted octanol–water partition coefficient (Wildman–Crippen LogP) is 3.64. The van der Waals surface area contributed by atoms with Crippen molar-refractivity contribution in [1.82, 2.24) is 5.32 Å². The van der Waals surface area contributed by atoms with Crippen LogP contribution in [-0.4, -0.2) is 18.6 Å². The molecule has 2 aromatic carbocycles. The highest BCUT2D eigenvalue weighted by Crippen LogP contribution is 2.18. The van der Waals surface area contributed by atoms with Crippen molar-refractivity contribution < 1.29 is 9.53 Å². The monoisotopic (exact) mass is 322 g/mol. The fourth-order valence-electron chi connectivity index (χ4n) is 2.49. The SMILES string of the molecule is CC[C@@H](CNC(=O)[C@H](C)Oc1cccc(C#N)c1)c1ccccc1. The van der Waals surface area contributed by atoms with E-state index in [1.165, 1.54) is 5.56 Å². The summed E-state index contributed by atoms with van der Waals surface area (Å²) in [6, 6.07) is 19.0. The Hall–Kier alpha value is -2.80. The van der Waals surface area contributed by atoms with Gasteiger partial charge in [-0.15, -0.1) is 0 Å². The molecule has 0 aromatic heterocycles. The van der Waals surface area contributed by atoms with E-state index in [9.17, 15) is 4.79 Å². The van der Waals surface area contributed by atoms with Gasteiger partial charge in [0, 0.05) is 12.5 Å². The number of rotatable bonds is 7. The van der Waals surface area contributed by atoms with Crippen molar-refractivity contribution in [3.05, 3.63) is 65.7 Å². The molecule has 0 spiro atoms. The Morgan fingerprint density at radius 3 is 2.62 bits per heavy atom. The molecule has 2 aromatic rings. The fourth-order valence-corrected chi connectivity index (χ4v) is 2.49. The molecule has 0 aliphatic heterocycles. The Labute approximate surface area is 143 Å². The Morgan fingerprint density at radius 2 is 1.96 bits per heavy atom. The van der Waals surface area contributed by atoms with E-state index < -0.39 is 6.10 Å². The van der Waals surface area contributed by atoms with Gasteiger partial charge in [-0.25, -0.2) is 0 Å². The number of hydrogen-bond donors (Lipinski definition) is 1. The number of benzene rings is 2. The van der Waals surface area contributed by atoms with Crippen LogP contribution >= 0.6 is 0 Å². The fraction of sp³-hybridized carbons (Fsp3) is 0.300. The van der Waals surface area contributed by atoms with Gasteiger partial charge in [-0.2, -0.15) is 5.26 Å². The number of carbonyl (C=O) groups is 1. The molecule has 124 valence electrons. The van der Waals surface area contributed by atoms with Crippen LogP contribution in [-0.2, 0) is 4.79 Å². The summed E-state index contributed by atoms with van der Waals surface area (Å²) >= 11 is 0. The maximum atomic E-state index is 12.3. The molecule has 1 N–H and O–H groups in total. The minimum atomic E-state index is -0.618. The topological polar surface area (TPSA) is 62.1 Å². The average molecular weight is 322 g/mol. The van der Waals surface area contributed by atoms with Crippen LogP contribution in [0.3, 0.4) is 0 Å². The third-order valence-corrected chi connectivity index (χ3v) is 3.93. The van der Waals surface area contributed by atoms with Gasteiger partial charge in [0.1, 0.15) is 5.75 Å². The summed E-state index contributed by atoms with van der Waals surface area (Å²) in [6.45, 7) is 4.39. The molecule has 1 amide bonds. The van der Waals surface area contributed by atoms with Crippen molar-refractivity contribution in [2.75, 3.05) is 6.54 Å². The van der Waals surface area contributed by atoms with Crippen molar-refractivity contribution in [3.8, 4) is 11.8 Å². The van der Waals surface area contributed by atoms with Crippen molar-refractivity contribution in [2.24, 2.45) is 0 Å². The van der Waals surface area contributed by atoms with Crippen LogP contribution < -0.4 is 10.1 Å². The molecule has 0 bridgehead atoms. The lowest BCUT2D eigenvalue weighted by atomic mass is 9.96. The number of nitriles is 1. The molecule has 2 rings (SSSR count). The zero-order chi connectivity index (χ0) is 17.4. The number of carbonyl (C=O) groups excluding carboxylic acids is 1. The molecule has 4 nitrogen and oxygen atoms in total. The lowest BCUT2D eigenvalue weighted by Crippen LogP contribution is -2.38. The van der Waals surface area contributed by atoms with E-state index in [4.69, 9.17) is 10.00 Å². The minimum absolute atomic E-state index is 0.160. The van der Waals surface area contributed by atoms with Crippen molar-refractivity contribution in [3.63, 3.8) is 0 Å². The normalized spacial score (nSPS) is 12.7. The quantitative estimate of drug-likeness (QED) is 0.846. The Kier molecular flexibility index (Phi) is 6.39. The largest absolute Gasteiger partial charge is 0.481 e. The first-order chi connectivity index (χ1) is 11.6. The van der Waals surface area contributed by atoms with Crippen LogP contribution in [0, 0.1) is 11.3 Å². The highest BCUT2D eigenvalue weighted by molar-refractivity contribution is 5.80. The number of nitrogens with one attached hydrogen (secondary N) is 1. The van der Waals surface area contributed by atoms with Gasteiger partial charge in [0.05, 0.1) is 11.6 Å². The van der Waals surface area contributed by atoms with Crippen LogP contribution in [0.4, 0.5) is 0 Å². The molecule has 0 fully saturated rings. The number of nitrogens with zero attached hydrogens (tertiary/aromatic N) is 1. The maximum Gasteiger partial charge on any atom is 0.260 e. The highest BCUT2D eigenvalue weighted by atomic mass is 16.5. The van der Waals surface area contributed by atoms with Gasteiger partial charge in [0.25, 0.3) is 5.91 Å². The van der Waals surface area contributed by atoms with Gasteiger partial charge in [-0.1, -0.05) is 43.3 Å². The van der Waals surface area contributed by atoms with Gasteiger partial charge in [-0.3, -0.25) is 4.79 Å². The highest BCUT2D eigenvalue weighted by Gasteiger charge is 2.17. The van der Waals surface area contributed by atoms with E-state index in [0.717, 1.165) is 6.42 Å². The predicted molar refractivity (Wildman–Crippen MR) is 93.7 cm³/mol. The van der Waals surface area contributed by atoms with E-state index in [0.29, 0.717) is 17.9 Å². The van der Waals surface area contributed by atoms with E-state index >= 15 is 0 Å². The minimum Gasteiger partial charge on any atom is -0.481 e. The average Bonchev–Trinajstić information content (AvgIpc) is 2.63. The van der Waals surface area contributed by atoms with Crippen LogP contribution in [0.2, 0.25) is 0 Å². The van der Waals surface area contributed by atoms with E-state index in [1.807, 2.05) is 18.2 Å². The van der Waals surface area contributed by atoms with Crippen molar-refractivity contribution in [1.29, 1.82) is 5.26 Å². The molecule has 0 heterocycles. The molecule has 24 heavy (non-hydrogen) atoms. The molecule has 4 heteroatoms. The Balaban J connectivity index is 1.90. The van der Waals surface area contributed by atoms with Crippen LogP contribution in [0.25, 0.3) is 0 Å². The number of hydrogen-bond acceptors (Lipinski definition) is 3.